The van der Waals surface area contributed by atoms with Crippen LogP contribution in [-0.4, -0.2) is 53.5 Å². The minimum absolute atomic E-state index is 0.128. The Morgan fingerprint density at radius 1 is 1.09 bits per heavy atom. The number of hydrogen-bond acceptors (Lipinski definition) is 4. The maximum Gasteiger partial charge on any atom is 0.222 e. The number of nitrogens with zero attached hydrogens (tertiary/aromatic N) is 4. The first-order chi connectivity index (χ1) is 10.6. The summed E-state index contributed by atoms with van der Waals surface area (Å²) in [6.45, 7) is 4.59. The molecule has 2 rings (SSSR count). The van der Waals surface area contributed by atoms with Crippen molar-refractivity contribution in [1.82, 2.24) is 9.80 Å². The van der Waals surface area contributed by atoms with Crippen LogP contribution in [0.15, 0.2) is 10.2 Å². The Kier molecular flexibility index (Phi) is 5.53. The van der Waals surface area contributed by atoms with Gasteiger partial charge in [-0.1, -0.05) is 6.92 Å². The van der Waals surface area contributed by atoms with E-state index >= 15 is 0 Å². The van der Waals surface area contributed by atoms with E-state index in [1.807, 2.05) is 16.7 Å². The van der Waals surface area contributed by atoms with Gasteiger partial charge in [0.1, 0.15) is 0 Å². The van der Waals surface area contributed by atoms with Gasteiger partial charge in [0.05, 0.1) is 0 Å². The first-order valence-corrected chi connectivity index (χ1v) is 8.03. The molecule has 120 valence electrons. The van der Waals surface area contributed by atoms with Gasteiger partial charge in [0.15, 0.2) is 5.66 Å². The van der Waals surface area contributed by atoms with E-state index in [1.165, 1.54) is 0 Å². The molecular formula is C16H24N4O2. The molecule has 0 aromatic carbocycles. The highest BCUT2D eigenvalue weighted by atomic mass is 16.2. The van der Waals surface area contributed by atoms with Crippen LogP contribution in [0.25, 0.3) is 0 Å². The SMILES string of the molecule is C#CCCC1(CCC(=O)N2CCCN(C(=O)CC)CC2)N=N1. The van der Waals surface area contributed by atoms with Gasteiger partial charge in [0.2, 0.25) is 11.8 Å². The summed E-state index contributed by atoms with van der Waals surface area (Å²) >= 11 is 0. The zero-order chi connectivity index (χ0) is 16.0. The Hall–Kier alpha value is -1.90. The second kappa shape index (κ2) is 7.39. The summed E-state index contributed by atoms with van der Waals surface area (Å²) in [6, 6.07) is 0. The van der Waals surface area contributed by atoms with Crippen LogP contribution in [0.1, 0.15) is 45.4 Å². The molecule has 1 saturated heterocycles. The van der Waals surface area contributed by atoms with E-state index in [2.05, 4.69) is 16.1 Å². The molecule has 1 fully saturated rings. The summed E-state index contributed by atoms with van der Waals surface area (Å²) in [5, 5.41) is 8.12. The minimum Gasteiger partial charge on any atom is -0.341 e. The van der Waals surface area contributed by atoms with Crippen LogP contribution in [0, 0.1) is 12.3 Å². The molecule has 0 radical (unpaired) electrons. The van der Waals surface area contributed by atoms with Gasteiger partial charge in [-0.2, -0.15) is 10.2 Å². The molecule has 0 unspecified atom stereocenters. The number of terminal acetylenes is 1. The summed E-state index contributed by atoms with van der Waals surface area (Å²) in [7, 11) is 0. The lowest BCUT2D eigenvalue weighted by atomic mass is 10.0. The predicted octanol–water partition coefficient (Wildman–Crippen LogP) is 1.81. The molecular weight excluding hydrogens is 280 g/mol. The van der Waals surface area contributed by atoms with E-state index in [1.54, 1.807) is 0 Å². The number of hydrogen-bond donors (Lipinski definition) is 0. The molecule has 2 aliphatic rings. The summed E-state index contributed by atoms with van der Waals surface area (Å²) in [6.07, 6.45) is 9.08. The third-order valence-corrected chi connectivity index (χ3v) is 4.30. The highest BCUT2D eigenvalue weighted by Gasteiger charge is 2.39. The van der Waals surface area contributed by atoms with Crippen molar-refractivity contribution in [2.75, 3.05) is 26.2 Å². The third kappa shape index (κ3) is 4.30. The highest BCUT2D eigenvalue weighted by Crippen LogP contribution is 2.37. The monoisotopic (exact) mass is 304 g/mol. The Morgan fingerprint density at radius 3 is 2.27 bits per heavy atom. The van der Waals surface area contributed by atoms with Crippen LogP contribution in [0.5, 0.6) is 0 Å². The second-order valence-electron chi connectivity index (χ2n) is 5.86. The van der Waals surface area contributed by atoms with Gasteiger partial charge in [-0.3, -0.25) is 9.59 Å². The zero-order valence-corrected chi connectivity index (χ0v) is 13.3. The van der Waals surface area contributed by atoms with Crippen LogP contribution in [-0.2, 0) is 9.59 Å². The third-order valence-electron chi connectivity index (χ3n) is 4.30. The van der Waals surface area contributed by atoms with Gasteiger partial charge >= 0.3 is 0 Å². The smallest absolute Gasteiger partial charge is 0.222 e. The molecule has 0 bridgehead atoms. The molecule has 0 atom stereocenters. The van der Waals surface area contributed by atoms with Gasteiger partial charge in [0.25, 0.3) is 0 Å². The van der Waals surface area contributed by atoms with Gasteiger partial charge in [-0.25, -0.2) is 0 Å². The highest BCUT2D eigenvalue weighted by molar-refractivity contribution is 5.77. The molecule has 2 aliphatic heterocycles. The maximum atomic E-state index is 12.3. The van der Waals surface area contributed by atoms with Crippen LogP contribution < -0.4 is 0 Å². The molecule has 6 heteroatoms. The maximum absolute atomic E-state index is 12.3. The van der Waals surface area contributed by atoms with Gasteiger partial charge in [-0.05, 0) is 6.42 Å². The van der Waals surface area contributed by atoms with Crippen molar-refractivity contribution < 1.29 is 9.59 Å². The number of carbonyl (C=O) groups is 2. The summed E-state index contributed by atoms with van der Waals surface area (Å²) in [5.74, 6) is 2.88. The number of amides is 2. The molecule has 0 aliphatic carbocycles. The Labute approximate surface area is 131 Å². The summed E-state index contributed by atoms with van der Waals surface area (Å²) < 4.78 is 0. The van der Waals surface area contributed by atoms with E-state index in [0.29, 0.717) is 38.8 Å². The van der Waals surface area contributed by atoms with Crippen LogP contribution >= 0.6 is 0 Å². The van der Waals surface area contributed by atoms with Crippen LogP contribution in [0.4, 0.5) is 0 Å². The van der Waals surface area contributed by atoms with Crippen molar-refractivity contribution in [2.45, 2.75) is 51.1 Å². The van der Waals surface area contributed by atoms with E-state index in [-0.39, 0.29) is 11.8 Å². The topological polar surface area (TPSA) is 65.3 Å². The molecule has 2 heterocycles. The molecule has 0 saturated carbocycles. The largest absolute Gasteiger partial charge is 0.341 e. The standard InChI is InChI=1S/C16H24N4O2/c1-3-5-8-16(17-18-16)9-7-15(22)20-11-6-10-19(12-13-20)14(21)4-2/h1H,4-13H2,2H3. The van der Waals surface area contributed by atoms with Crippen LogP contribution in [0.3, 0.4) is 0 Å². The predicted molar refractivity (Wildman–Crippen MR) is 83.0 cm³/mol. The molecule has 22 heavy (non-hydrogen) atoms. The molecule has 6 nitrogen and oxygen atoms in total. The molecule has 0 N–H and O–H groups in total. The molecule has 0 aromatic rings. The Bertz CT molecular complexity index is 489. The summed E-state index contributed by atoms with van der Waals surface area (Å²) in [5.41, 5.74) is -0.391. The lowest BCUT2D eigenvalue weighted by Gasteiger charge is -2.22. The fraction of sp³-hybridized carbons (Fsp3) is 0.750. The van der Waals surface area contributed by atoms with Crippen molar-refractivity contribution in [1.29, 1.82) is 0 Å². The van der Waals surface area contributed by atoms with Gasteiger partial charge in [0, 0.05) is 58.3 Å². The molecule has 0 aromatic heterocycles. The summed E-state index contributed by atoms with van der Waals surface area (Å²) in [4.78, 5) is 27.8. The zero-order valence-electron chi connectivity index (χ0n) is 13.3. The Morgan fingerprint density at radius 2 is 1.73 bits per heavy atom. The van der Waals surface area contributed by atoms with E-state index in [9.17, 15) is 9.59 Å². The van der Waals surface area contributed by atoms with E-state index in [4.69, 9.17) is 6.42 Å². The van der Waals surface area contributed by atoms with E-state index < -0.39 is 5.66 Å². The van der Waals surface area contributed by atoms with Gasteiger partial charge in [-0.15, -0.1) is 12.3 Å². The average molecular weight is 304 g/mol. The lowest BCUT2D eigenvalue weighted by Crippen LogP contribution is -2.37. The van der Waals surface area contributed by atoms with E-state index in [0.717, 1.165) is 25.9 Å². The Balaban J connectivity index is 1.76. The van der Waals surface area contributed by atoms with Crippen molar-refractivity contribution >= 4 is 11.8 Å². The number of rotatable bonds is 6. The number of carbonyl (C=O) groups excluding carboxylic acids is 2. The minimum atomic E-state index is -0.391. The molecule has 0 spiro atoms. The fourth-order valence-corrected chi connectivity index (χ4v) is 2.77. The normalized spacial score (nSPS) is 19.5. The first-order valence-electron chi connectivity index (χ1n) is 8.03. The van der Waals surface area contributed by atoms with Gasteiger partial charge < -0.3 is 9.80 Å². The first kappa shape index (κ1) is 16.5. The van der Waals surface area contributed by atoms with Crippen molar-refractivity contribution in [2.24, 2.45) is 10.2 Å². The van der Waals surface area contributed by atoms with Crippen molar-refractivity contribution in [3.05, 3.63) is 0 Å². The second-order valence-corrected chi connectivity index (χ2v) is 5.86. The quantitative estimate of drug-likeness (QED) is 0.702. The molecule has 2 amide bonds. The van der Waals surface area contributed by atoms with Crippen LogP contribution in [0.2, 0.25) is 0 Å². The average Bonchev–Trinajstić information content (AvgIpc) is 3.33. The van der Waals surface area contributed by atoms with Crippen molar-refractivity contribution in [3.63, 3.8) is 0 Å². The lowest BCUT2D eigenvalue weighted by molar-refractivity contribution is -0.133. The fourth-order valence-electron chi connectivity index (χ4n) is 2.77. The van der Waals surface area contributed by atoms with Crippen molar-refractivity contribution in [3.8, 4) is 12.3 Å².